The Morgan fingerprint density at radius 2 is 1.10 bits per heavy atom. The number of carbonyl (C=O) groups excluding carboxylic acids is 2. The van der Waals surface area contributed by atoms with Crippen LogP contribution in [0.4, 0.5) is 0 Å². The summed E-state index contributed by atoms with van der Waals surface area (Å²) in [6, 6.07) is 24.2. The van der Waals surface area contributed by atoms with Gasteiger partial charge < -0.3 is 23.1 Å². The van der Waals surface area contributed by atoms with Crippen LogP contribution >= 0.6 is 13.5 Å². The molecule has 0 fully saturated rings. The highest BCUT2D eigenvalue weighted by Crippen LogP contribution is 2.24. The maximum atomic E-state index is 11.7. The molecule has 10 heteroatoms. The van der Waals surface area contributed by atoms with Crippen LogP contribution in [0, 0.1) is 6.92 Å². The molecule has 0 amide bonds. The van der Waals surface area contributed by atoms with Crippen LogP contribution in [-0.4, -0.2) is 61.1 Å². The molecule has 58 heavy (non-hydrogen) atoms. The lowest BCUT2D eigenvalue weighted by atomic mass is 10.0. The largest absolute Gasteiger partial charge is 0.494 e. The first kappa shape index (κ1) is 53.1. The molecule has 0 aliphatic heterocycles. The van der Waals surface area contributed by atoms with Crippen LogP contribution < -0.4 is 4.74 Å². The molecule has 0 bridgehead atoms. The molecule has 7 nitrogen and oxygen atoms in total. The van der Waals surface area contributed by atoms with Crippen LogP contribution in [0.15, 0.2) is 72.8 Å². The van der Waals surface area contributed by atoms with Crippen LogP contribution in [0.1, 0.15) is 131 Å². The van der Waals surface area contributed by atoms with Crippen LogP contribution in [-0.2, 0) is 18.3 Å². The smallest absolute Gasteiger partial charge is 0.338 e. The molecule has 1 atom stereocenters. The molecular weight excluding hydrogens is 777 g/mol. The average Bonchev–Trinajstić information content (AvgIpc) is 3.16. The molecule has 0 spiro atoms. The van der Waals surface area contributed by atoms with Gasteiger partial charge in [0.25, 0.3) is 0 Å². The van der Waals surface area contributed by atoms with Crippen molar-refractivity contribution in [1.29, 1.82) is 0 Å². The number of ether oxygens (including phenoxy) is 4. The van der Waals surface area contributed by atoms with E-state index < -0.39 is 16.6 Å². The zero-order valence-corrected chi connectivity index (χ0v) is 40.8. The summed E-state index contributed by atoms with van der Waals surface area (Å²) < 4.78 is 28.5. The maximum Gasteiger partial charge on any atom is 0.338 e. The normalized spacial score (nSPS) is 11.9. The van der Waals surface area contributed by atoms with E-state index in [0.717, 1.165) is 36.5 Å². The van der Waals surface area contributed by atoms with E-state index in [1.54, 1.807) is 24.3 Å². The monoisotopic (exact) mass is 855 g/mol. The molecule has 0 radical (unpaired) electrons. The number of methoxy groups -OCH3 is 1. The molecule has 0 aliphatic rings. The van der Waals surface area contributed by atoms with E-state index in [0.29, 0.717) is 17.2 Å². The van der Waals surface area contributed by atoms with Crippen molar-refractivity contribution in [2.24, 2.45) is 0 Å². The third kappa shape index (κ3) is 24.3. The Morgan fingerprint density at radius 1 is 0.621 bits per heavy atom. The predicted octanol–water partition coefficient (Wildman–Crippen LogP) is 13.7. The average molecular weight is 855 g/mol. The fourth-order valence-corrected chi connectivity index (χ4v) is 14.8. The van der Waals surface area contributed by atoms with Crippen molar-refractivity contribution < 1.29 is 32.7 Å². The minimum atomic E-state index is -1.54. The summed E-state index contributed by atoms with van der Waals surface area (Å²) in [7, 11) is -1.60. The van der Waals surface area contributed by atoms with Crippen molar-refractivity contribution in [2.45, 2.75) is 162 Å². The highest BCUT2D eigenvalue weighted by atomic mass is 32.1. The SMILES string of the molecule is CCCCC(CCC[Si](C)(C)O[Si](C)(C)C)OCCCCCCCCCCOc1ccc(C(=O)OC)cc1.Cc1ccc(-c2ccc(C(=O)OC(C)C)cc2)cc1.S. The van der Waals surface area contributed by atoms with Crippen molar-refractivity contribution >= 4 is 42.1 Å². The van der Waals surface area contributed by atoms with Crippen LogP contribution in [0.5, 0.6) is 5.75 Å². The number of unbranched alkanes of at least 4 members (excludes halogenated alkanes) is 8. The number of esters is 2. The Hall–Kier alpha value is -2.90. The summed E-state index contributed by atoms with van der Waals surface area (Å²) in [5.41, 5.74) is 4.62. The predicted molar refractivity (Wildman–Crippen MR) is 253 cm³/mol. The van der Waals surface area contributed by atoms with Gasteiger partial charge in [0.2, 0.25) is 0 Å². The van der Waals surface area contributed by atoms with Gasteiger partial charge in [0.15, 0.2) is 16.6 Å². The standard InChI is InChI=1S/C31H58O5Si2.C17H18O2.H2S/c1-8-9-19-29(20-18-27-38(6,7)36-37(3,4)5)34-25-16-14-12-10-11-13-15-17-26-35-30-23-21-28(22-24-30)31(32)33-2;1-12(2)19-17(18)16-10-8-15(9-11-16)14-6-4-13(3)5-7-14;/h21-24,29H,8-20,25-27H2,1-7H3;4-12H,1-3H3;1H2. The molecule has 3 aromatic rings. The third-order valence-electron chi connectivity index (χ3n) is 9.55. The summed E-state index contributed by atoms with van der Waals surface area (Å²) in [4.78, 5) is 23.2. The first-order valence-corrected chi connectivity index (χ1v) is 28.2. The van der Waals surface area contributed by atoms with Gasteiger partial charge in [-0.25, -0.2) is 9.59 Å². The van der Waals surface area contributed by atoms with Crippen molar-refractivity contribution in [3.8, 4) is 16.9 Å². The molecule has 0 heterocycles. The topological polar surface area (TPSA) is 80.3 Å². The van der Waals surface area contributed by atoms with Crippen LogP contribution in [0.2, 0.25) is 38.8 Å². The molecule has 3 aromatic carbocycles. The first-order chi connectivity index (χ1) is 27.1. The van der Waals surface area contributed by atoms with Gasteiger partial charge in [0, 0.05) is 6.61 Å². The van der Waals surface area contributed by atoms with Crippen molar-refractivity contribution in [2.75, 3.05) is 20.3 Å². The lowest BCUT2D eigenvalue weighted by Gasteiger charge is -2.32. The molecular formula is C48H78O7SSi2. The fourth-order valence-electron chi connectivity index (χ4n) is 6.71. The quantitative estimate of drug-likeness (QED) is 0.0452. The third-order valence-corrected chi connectivity index (χ3v) is 15.8. The Balaban J connectivity index is 0.000000700. The molecule has 0 N–H and O–H groups in total. The molecule has 0 saturated heterocycles. The first-order valence-electron chi connectivity index (χ1n) is 21.6. The molecule has 3 rings (SSSR count). The van der Waals surface area contributed by atoms with Crippen LogP contribution in [0.3, 0.4) is 0 Å². The molecule has 326 valence electrons. The number of hydrogen-bond acceptors (Lipinski definition) is 7. The second kappa shape index (κ2) is 29.3. The van der Waals surface area contributed by atoms with Gasteiger partial charge in [0.1, 0.15) is 5.75 Å². The van der Waals surface area contributed by atoms with Crippen LogP contribution in [0.25, 0.3) is 11.1 Å². The van der Waals surface area contributed by atoms with E-state index in [-0.39, 0.29) is 31.5 Å². The van der Waals surface area contributed by atoms with E-state index in [2.05, 4.69) is 70.8 Å². The zero-order valence-electron chi connectivity index (χ0n) is 37.8. The number of carbonyl (C=O) groups is 2. The second-order valence-corrected chi connectivity index (χ2v) is 26.2. The second-order valence-electron chi connectivity index (χ2n) is 17.1. The highest BCUT2D eigenvalue weighted by Gasteiger charge is 2.29. The van der Waals surface area contributed by atoms with Gasteiger partial charge in [-0.3, -0.25) is 0 Å². The summed E-state index contributed by atoms with van der Waals surface area (Å²) in [5.74, 6) is 0.212. The Bertz CT molecular complexity index is 1520. The minimum absolute atomic E-state index is 0. The van der Waals surface area contributed by atoms with Gasteiger partial charge in [-0.15, -0.1) is 0 Å². The Kier molecular flexibility index (Phi) is 26.9. The summed E-state index contributed by atoms with van der Waals surface area (Å²) in [6.07, 6.45) is 16.4. The maximum absolute atomic E-state index is 11.7. The minimum Gasteiger partial charge on any atom is -0.494 e. The van der Waals surface area contributed by atoms with E-state index >= 15 is 0 Å². The number of benzene rings is 3. The van der Waals surface area contributed by atoms with E-state index in [9.17, 15) is 9.59 Å². The van der Waals surface area contributed by atoms with Gasteiger partial charge in [0.05, 0.1) is 37.1 Å². The molecule has 0 saturated carbocycles. The van der Waals surface area contributed by atoms with Crippen molar-refractivity contribution in [3.05, 3.63) is 89.5 Å². The van der Waals surface area contributed by atoms with Gasteiger partial charge in [-0.05, 0) is 133 Å². The summed E-state index contributed by atoms with van der Waals surface area (Å²) >= 11 is 0. The summed E-state index contributed by atoms with van der Waals surface area (Å²) in [5, 5.41) is 0. The van der Waals surface area contributed by atoms with Gasteiger partial charge in [-0.1, -0.05) is 107 Å². The zero-order chi connectivity index (χ0) is 42.1. The lowest BCUT2D eigenvalue weighted by molar-refractivity contribution is 0.0370. The van der Waals surface area contributed by atoms with E-state index in [4.69, 9.17) is 23.1 Å². The Morgan fingerprint density at radius 3 is 1.62 bits per heavy atom. The number of rotatable bonds is 26. The Labute approximate surface area is 362 Å². The van der Waals surface area contributed by atoms with Gasteiger partial charge >= 0.3 is 11.9 Å². The summed E-state index contributed by atoms with van der Waals surface area (Å²) in [6.45, 7) is 21.4. The van der Waals surface area contributed by atoms with Crippen molar-refractivity contribution in [3.63, 3.8) is 0 Å². The molecule has 0 aromatic heterocycles. The number of aryl methyl sites for hydroxylation is 1. The van der Waals surface area contributed by atoms with E-state index in [1.165, 1.54) is 95.8 Å². The van der Waals surface area contributed by atoms with Crippen molar-refractivity contribution in [1.82, 2.24) is 0 Å². The molecule has 0 aliphatic carbocycles. The highest BCUT2D eigenvalue weighted by molar-refractivity contribution is 7.59. The molecule has 1 unspecified atom stereocenters. The lowest BCUT2D eigenvalue weighted by Crippen LogP contribution is -2.42. The number of hydrogen-bond donors (Lipinski definition) is 0. The van der Waals surface area contributed by atoms with E-state index in [1.807, 2.05) is 38.1 Å². The van der Waals surface area contributed by atoms with Gasteiger partial charge in [-0.2, -0.15) is 13.5 Å². The fraction of sp³-hybridized carbons (Fsp3) is 0.583.